The number of hydrogen-bond acceptors (Lipinski definition) is 5. The van der Waals surface area contributed by atoms with Crippen LogP contribution in [0, 0.1) is 6.92 Å². The number of anilines is 3. The summed E-state index contributed by atoms with van der Waals surface area (Å²) < 4.78 is 7.56. The van der Waals surface area contributed by atoms with Crippen LogP contribution in [0.1, 0.15) is 5.56 Å². The van der Waals surface area contributed by atoms with E-state index in [2.05, 4.69) is 10.3 Å². The Labute approximate surface area is 162 Å². The van der Waals surface area contributed by atoms with Gasteiger partial charge in [-0.15, -0.1) is 0 Å². The second-order valence-electron chi connectivity index (χ2n) is 6.57. The number of fused-ring (bicyclic) bond motifs is 3. The molecular formula is C20H20ClN5O. The first-order chi connectivity index (χ1) is 13.0. The first-order valence-corrected chi connectivity index (χ1v) is 8.90. The number of imidazole rings is 1. The number of benzene rings is 2. The summed E-state index contributed by atoms with van der Waals surface area (Å²) in [5, 5.41) is 4.04. The standard InChI is InChI=1S/C20H20ClN5O/c1-12-6-5-7-13(21)19(12)24-20-17-10-22-11-26(17)15-9-18(27-4)16(25(2)3)8-14(15)23-20/h5-11H,1-4H3,(H,23,24). The Balaban J connectivity index is 1.96. The Bertz CT molecular complexity index is 1130. The molecule has 0 aliphatic heterocycles. The first kappa shape index (κ1) is 17.4. The number of hydrogen-bond donors (Lipinski definition) is 1. The van der Waals surface area contributed by atoms with E-state index in [1.807, 2.05) is 60.7 Å². The molecule has 0 bridgehead atoms. The van der Waals surface area contributed by atoms with Crippen LogP contribution in [-0.4, -0.2) is 35.6 Å². The second kappa shape index (κ2) is 6.63. The lowest BCUT2D eigenvalue weighted by molar-refractivity contribution is 0.416. The van der Waals surface area contributed by atoms with Gasteiger partial charge < -0.3 is 15.0 Å². The quantitative estimate of drug-likeness (QED) is 0.557. The highest BCUT2D eigenvalue weighted by Crippen LogP contribution is 2.35. The fourth-order valence-electron chi connectivity index (χ4n) is 3.18. The first-order valence-electron chi connectivity index (χ1n) is 8.53. The third kappa shape index (κ3) is 2.92. The van der Waals surface area contributed by atoms with Gasteiger partial charge in [-0.05, 0) is 24.6 Å². The highest BCUT2D eigenvalue weighted by Gasteiger charge is 2.15. The van der Waals surface area contributed by atoms with Gasteiger partial charge in [-0.1, -0.05) is 23.7 Å². The van der Waals surface area contributed by atoms with E-state index in [1.165, 1.54) is 0 Å². The van der Waals surface area contributed by atoms with E-state index in [0.29, 0.717) is 10.8 Å². The molecule has 4 rings (SSSR count). The van der Waals surface area contributed by atoms with Crippen molar-refractivity contribution in [3.05, 3.63) is 53.4 Å². The summed E-state index contributed by atoms with van der Waals surface area (Å²) in [5.41, 5.74) is 5.46. The van der Waals surface area contributed by atoms with Crippen LogP contribution in [0.25, 0.3) is 16.6 Å². The number of aromatic nitrogens is 3. The van der Waals surface area contributed by atoms with Crippen LogP contribution >= 0.6 is 11.6 Å². The largest absolute Gasteiger partial charge is 0.495 e. The van der Waals surface area contributed by atoms with Gasteiger partial charge in [0.15, 0.2) is 5.82 Å². The molecule has 0 unspecified atom stereocenters. The molecule has 0 saturated heterocycles. The minimum absolute atomic E-state index is 0.651. The maximum Gasteiger partial charge on any atom is 0.157 e. The van der Waals surface area contributed by atoms with Gasteiger partial charge in [0.05, 0.1) is 47.1 Å². The summed E-state index contributed by atoms with van der Waals surface area (Å²) in [5.74, 6) is 1.48. The molecular weight excluding hydrogens is 362 g/mol. The zero-order valence-corrected chi connectivity index (χ0v) is 16.4. The van der Waals surface area contributed by atoms with Crippen molar-refractivity contribution >= 4 is 45.3 Å². The summed E-state index contributed by atoms with van der Waals surface area (Å²) in [6.45, 7) is 2.01. The molecule has 2 aromatic heterocycles. The molecule has 138 valence electrons. The third-order valence-electron chi connectivity index (χ3n) is 4.60. The van der Waals surface area contributed by atoms with E-state index >= 15 is 0 Å². The van der Waals surface area contributed by atoms with Crippen molar-refractivity contribution in [3.8, 4) is 5.75 Å². The molecule has 27 heavy (non-hydrogen) atoms. The predicted octanol–water partition coefficient (Wildman–Crippen LogP) is 4.66. The lowest BCUT2D eigenvalue weighted by atomic mass is 10.2. The van der Waals surface area contributed by atoms with E-state index in [9.17, 15) is 0 Å². The Hall–Kier alpha value is -2.99. The van der Waals surface area contributed by atoms with E-state index < -0.39 is 0 Å². The highest BCUT2D eigenvalue weighted by atomic mass is 35.5. The number of halogens is 1. The molecule has 0 radical (unpaired) electrons. The van der Waals surface area contributed by atoms with Gasteiger partial charge in [-0.2, -0.15) is 0 Å². The van der Waals surface area contributed by atoms with Gasteiger partial charge in [0, 0.05) is 20.2 Å². The van der Waals surface area contributed by atoms with Crippen molar-refractivity contribution in [1.29, 1.82) is 0 Å². The maximum absolute atomic E-state index is 6.39. The molecule has 4 aromatic rings. The minimum atomic E-state index is 0.651. The van der Waals surface area contributed by atoms with Crippen LogP contribution in [0.3, 0.4) is 0 Å². The zero-order valence-electron chi connectivity index (χ0n) is 15.6. The number of nitrogens with zero attached hydrogens (tertiary/aromatic N) is 4. The van der Waals surface area contributed by atoms with E-state index in [1.54, 1.807) is 19.6 Å². The fourth-order valence-corrected chi connectivity index (χ4v) is 3.45. The number of ether oxygens (including phenoxy) is 1. The van der Waals surface area contributed by atoms with Crippen molar-refractivity contribution < 1.29 is 4.74 Å². The average molecular weight is 382 g/mol. The maximum atomic E-state index is 6.39. The SMILES string of the molecule is COc1cc2c(cc1N(C)C)nc(Nc1c(C)cccc1Cl)c1cncn12. The molecule has 0 amide bonds. The normalized spacial score (nSPS) is 11.1. The van der Waals surface area contributed by atoms with Gasteiger partial charge >= 0.3 is 0 Å². The molecule has 0 spiro atoms. The molecule has 2 heterocycles. The van der Waals surface area contributed by atoms with Crippen molar-refractivity contribution in [1.82, 2.24) is 14.4 Å². The lowest BCUT2D eigenvalue weighted by Crippen LogP contribution is -2.11. The smallest absolute Gasteiger partial charge is 0.157 e. The monoisotopic (exact) mass is 381 g/mol. The molecule has 0 saturated carbocycles. The topological polar surface area (TPSA) is 54.7 Å². The Morgan fingerprint density at radius 2 is 2.00 bits per heavy atom. The second-order valence-corrected chi connectivity index (χ2v) is 6.98. The highest BCUT2D eigenvalue weighted by molar-refractivity contribution is 6.33. The molecule has 0 aliphatic carbocycles. The molecule has 2 aromatic carbocycles. The van der Waals surface area contributed by atoms with Gasteiger partial charge in [0.1, 0.15) is 11.3 Å². The Morgan fingerprint density at radius 1 is 1.19 bits per heavy atom. The van der Waals surface area contributed by atoms with Crippen LogP contribution in [0.5, 0.6) is 5.75 Å². The predicted molar refractivity (Wildman–Crippen MR) is 111 cm³/mol. The summed E-state index contributed by atoms with van der Waals surface area (Å²) in [7, 11) is 5.63. The van der Waals surface area contributed by atoms with Crippen LogP contribution < -0.4 is 15.0 Å². The number of para-hydroxylation sites is 1. The van der Waals surface area contributed by atoms with Crippen LogP contribution in [0.2, 0.25) is 5.02 Å². The minimum Gasteiger partial charge on any atom is -0.495 e. The van der Waals surface area contributed by atoms with Crippen molar-refractivity contribution in [2.45, 2.75) is 6.92 Å². The third-order valence-corrected chi connectivity index (χ3v) is 4.91. The molecule has 0 fully saturated rings. The summed E-state index contributed by atoms with van der Waals surface area (Å²) in [4.78, 5) is 11.2. The number of methoxy groups -OCH3 is 1. The van der Waals surface area contributed by atoms with Gasteiger partial charge in [0.25, 0.3) is 0 Å². The van der Waals surface area contributed by atoms with Crippen LogP contribution in [-0.2, 0) is 0 Å². The fraction of sp³-hybridized carbons (Fsp3) is 0.200. The lowest BCUT2D eigenvalue weighted by Gasteiger charge is -2.18. The summed E-state index contributed by atoms with van der Waals surface area (Å²) in [6.07, 6.45) is 3.56. The number of rotatable bonds is 4. The van der Waals surface area contributed by atoms with Crippen LogP contribution in [0.4, 0.5) is 17.2 Å². The molecule has 7 heteroatoms. The Morgan fingerprint density at radius 3 is 2.70 bits per heavy atom. The van der Waals surface area contributed by atoms with Crippen molar-refractivity contribution in [3.63, 3.8) is 0 Å². The Kier molecular flexibility index (Phi) is 4.28. The van der Waals surface area contributed by atoms with Crippen LogP contribution in [0.15, 0.2) is 42.9 Å². The average Bonchev–Trinajstić information content (AvgIpc) is 3.14. The molecule has 0 atom stereocenters. The van der Waals surface area contributed by atoms with Gasteiger partial charge in [-0.25, -0.2) is 9.97 Å². The van der Waals surface area contributed by atoms with E-state index in [0.717, 1.165) is 39.2 Å². The molecule has 0 aliphatic rings. The summed E-state index contributed by atoms with van der Waals surface area (Å²) >= 11 is 6.39. The molecule has 1 N–H and O–H groups in total. The van der Waals surface area contributed by atoms with Gasteiger partial charge in [-0.3, -0.25) is 4.40 Å². The van der Waals surface area contributed by atoms with E-state index in [4.69, 9.17) is 21.3 Å². The number of aryl methyl sites for hydroxylation is 1. The molecule has 6 nitrogen and oxygen atoms in total. The van der Waals surface area contributed by atoms with Crippen molar-refractivity contribution in [2.24, 2.45) is 0 Å². The zero-order chi connectivity index (χ0) is 19.1. The summed E-state index contributed by atoms with van der Waals surface area (Å²) in [6, 6.07) is 9.80. The van der Waals surface area contributed by atoms with Gasteiger partial charge in [0.2, 0.25) is 0 Å². The van der Waals surface area contributed by atoms with E-state index in [-0.39, 0.29) is 0 Å². The number of nitrogens with one attached hydrogen (secondary N) is 1. The van der Waals surface area contributed by atoms with Crippen molar-refractivity contribution in [2.75, 3.05) is 31.4 Å².